The van der Waals surface area contributed by atoms with Crippen molar-refractivity contribution in [3.05, 3.63) is 36.4 Å². The molecule has 4 heteroatoms. The predicted molar refractivity (Wildman–Crippen MR) is 70.8 cm³/mol. The Morgan fingerprint density at radius 2 is 2.06 bits per heavy atom. The number of benzene rings is 2. The summed E-state index contributed by atoms with van der Waals surface area (Å²) in [7, 11) is 0. The van der Waals surface area contributed by atoms with Gasteiger partial charge in [0.05, 0.1) is 12.0 Å². The van der Waals surface area contributed by atoms with E-state index in [1.54, 1.807) is 12.1 Å². The summed E-state index contributed by atoms with van der Waals surface area (Å²) < 4.78 is 0. The van der Waals surface area contributed by atoms with Gasteiger partial charge in [-0.05, 0) is 29.7 Å². The molecule has 3 nitrogen and oxygen atoms in total. The van der Waals surface area contributed by atoms with Crippen LogP contribution in [0.15, 0.2) is 36.4 Å². The Hall–Kier alpha value is -1.45. The number of anilines is 1. The summed E-state index contributed by atoms with van der Waals surface area (Å²) in [6.07, 6.45) is -0.566. The lowest BCUT2D eigenvalue weighted by Crippen LogP contribution is -2.20. The van der Waals surface area contributed by atoms with Crippen LogP contribution >= 0.6 is 11.6 Å². The van der Waals surface area contributed by atoms with Gasteiger partial charge in [-0.3, -0.25) is 0 Å². The Morgan fingerprint density at radius 3 is 2.82 bits per heavy atom. The van der Waals surface area contributed by atoms with Crippen molar-refractivity contribution in [1.29, 1.82) is 0 Å². The zero-order chi connectivity index (χ0) is 12.3. The molecule has 0 saturated heterocycles. The van der Waals surface area contributed by atoms with E-state index in [0.717, 1.165) is 16.5 Å². The number of alkyl halides is 1. The number of aliphatic hydroxyl groups excluding tert-OH is 1. The van der Waals surface area contributed by atoms with Crippen LogP contribution in [0.3, 0.4) is 0 Å². The zero-order valence-electron chi connectivity index (χ0n) is 9.23. The molecule has 0 amide bonds. The van der Waals surface area contributed by atoms with E-state index in [4.69, 9.17) is 11.6 Å². The maximum Gasteiger partial charge on any atom is 0.116 e. The average molecular weight is 252 g/mol. The van der Waals surface area contributed by atoms with E-state index in [9.17, 15) is 10.2 Å². The molecule has 0 aromatic heterocycles. The second-order valence-corrected chi connectivity index (χ2v) is 4.21. The summed E-state index contributed by atoms with van der Waals surface area (Å²) in [6.45, 7) is 0.406. The molecule has 0 spiro atoms. The molecule has 1 atom stereocenters. The maximum absolute atomic E-state index is 9.40. The number of halogens is 1. The number of nitrogens with one attached hydrogen (secondary N) is 1. The first-order valence-electron chi connectivity index (χ1n) is 5.40. The molecule has 2 aromatic rings. The standard InChI is InChI=1S/C13H14ClNO2/c14-7-11(17)8-15-13-3-1-2-9-6-10(16)4-5-12(9)13/h1-6,11,15-17H,7-8H2. The van der Waals surface area contributed by atoms with Crippen molar-refractivity contribution in [1.82, 2.24) is 0 Å². The van der Waals surface area contributed by atoms with Gasteiger partial charge in [0, 0.05) is 17.6 Å². The molecule has 17 heavy (non-hydrogen) atoms. The van der Waals surface area contributed by atoms with E-state index < -0.39 is 6.10 Å². The summed E-state index contributed by atoms with van der Waals surface area (Å²) in [5, 5.41) is 23.9. The Morgan fingerprint density at radius 1 is 1.24 bits per heavy atom. The molecule has 0 aliphatic heterocycles. The van der Waals surface area contributed by atoms with E-state index >= 15 is 0 Å². The first-order chi connectivity index (χ1) is 8.20. The van der Waals surface area contributed by atoms with Crippen LogP contribution in [0.5, 0.6) is 5.75 Å². The number of phenolic OH excluding ortho intramolecular Hbond substituents is 1. The van der Waals surface area contributed by atoms with E-state index in [2.05, 4.69) is 5.32 Å². The number of phenols is 1. The summed E-state index contributed by atoms with van der Waals surface area (Å²) in [5.41, 5.74) is 0.923. The summed E-state index contributed by atoms with van der Waals surface area (Å²) in [5.74, 6) is 0.453. The molecule has 0 saturated carbocycles. The fourth-order valence-electron chi connectivity index (χ4n) is 1.71. The molecule has 0 radical (unpaired) electrons. The molecular weight excluding hydrogens is 238 g/mol. The highest BCUT2D eigenvalue weighted by atomic mass is 35.5. The molecule has 0 heterocycles. The van der Waals surface area contributed by atoms with Crippen LogP contribution in [0.2, 0.25) is 0 Å². The van der Waals surface area contributed by atoms with E-state index in [-0.39, 0.29) is 11.6 Å². The third-order valence-electron chi connectivity index (χ3n) is 2.57. The van der Waals surface area contributed by atoms with Crippen LogP contribution in [0, 0.1) is 0 Å². The summed E-state index contributed by atoms with van der Waals surface area (Å²) >= 11 is 5.53. The van der Waals surface area contributed by atoms with Crippen molar-refractivity contribution in [2.45, 2.75) is 6.10 Å². The quantitative estimate of drug-likeness (QED) is 0.732. The van der Waals surface area contributed by atoms with Crippen molar-refractivity contribution in [3.8, 4) is 5.75 Å². The van der Waals surface area contributed by atoms with Crippen LogP contribution in [0.1, 0.15) is 0 Å². The van der Waals surface area contributed by atoms with Crippen molar-refractivity contribution in [2.75, 3.05) is 17.7 Å². The van der Waals surface area contributed by atoms with Crippen molar-refractivity contribution >= 4 is 28.1 Å². The van der Waals surface area contributed by atoms with E-state index in [1.807, 2.05) is 24.3 Å². The van der Waals surface area contributed by atoms with Crippen LogP contribution in [0.25, 0.3) is 10.8 Å². The van der Waals surface area contributed by atoms with Gasteiger partial charge < -0.3 is 15.5 Å². The maximum atomic E-state index is 9.40. The SMILES string of the molecule is Oc1ccc2c(NCC(O)CCl)cccc2c1. The highest BCUT2D eigenvalue weighted by Crippen LogP contribution is 2.26. The van der Waals surface area contributed by atoms with Crippen molar-refractivity contribution < 1.29 is 10.2 Å². The van der Waals surface area contributed by atoms with Gasteiger partial charge in [-0.25, -0.2) is 0 Å². The normalized spacial score (nSPS) is 12.6. The second-order valence-electron chi connectivity index (χ2n) is 3.90. The number of rotatable bonds is 4. The number of hydrogen-bond donors (Lipinski definition) is 3. The molecule has 0 aliphatic carbocycles. The highest BCUT2D eigenvalue weighted by Gasteiger charge is 2.04. The predicted octanol–water partition coefficient (Wildman–Crippen LogP) is 2.56. The van der Waals surface area contributed by atoms with Gasteiger partial charge in [0.25, 0.3) is 0 Å². The number of hydrogen-bond acceptors (Lipinski definition) is 3. The van der Waals surface area contributed by atoms with Crippen LogP contribution < -0.4 is 5.32 Å². The molecule has 0 bridgehead atoms. The van der Waals surface area contributed by atoms with Gasteiger partial charge in [-0.1, -0.05) is 12.1 Å². The Kier molecular flexibility index (Phi) is 3.71. The molecule has 2 aromatic carbocycles. The summed E-state index contributed by atoms with van der Waals surface area (Å²) in [6, 6.07) is 11.0. The first kappa shape index (κ1) is 12.0. The Bertz CT molecular complexity index is 516. The van der Waals surface area contributed by atoms with Gasteiger partial charge in [-0.2, -0.15) is 0 Å². The molecule has 90 valence electrons. The third-order valence-corrected chi connectivity index (χ3v) is 2.93. The van der Waals surface area contributed by atoms with E-state index in [1.165, 1.54) is 0 Å². The first-order valence-corrected chi connectivity index (χ1v) is 5.94. The van der Waals surface area contributed by atoms with Crippen LogP contribution in [-0.2, 0) is 0 Å². The lowest BCUT2D eigenvalue weighted by atomic mass is 10.1. The fraction of sp³-hybridized carbons (Fsp3) is 0.231. The fourth-order valence-corrected chi connectivity index (χ4v) is 1.82. The molecule has 0 fully saturated rings. The molecule has 2 rings (SSSR count). The summed E-state index contributed by atoms with van der Waals surface area (Å²) in [4.78, 5) is 0. The molecular formula is C13H14ClNO2. The van der Waals surface area contributed by atoms with Gasteiger partial charge in [0.2, 0.25) is 0 Å². The largest absolute Gasteiger partial charge is 0.508 e. The number of aromatic hydroxyl groups is 1. The highest BCUT2D eigenvalue weighted by molar-refractivity contribution is 6.18. The van der Waals surface area contributed by atoms with Crippen molar-refractivity contribution in [3.63, 3.8) is 0 Å². The topological polar surface area (TPSA) is 52.5 Å². The number of aliphatic hydroxyl groups is 1. The lowest BCUT2D eigenvalue weighted by molar-refractivity contribution is 0.211. The monoisotopic (exact) mass is 251 g/mol. The minimum atomic E-state index is -0.566. The van der Waals surface area contributed by atoms with E-state index in [0.29, 0.717) is 6.54 Å². The second kappa shape index (κ2) is 5.25. The molecule has 3 N–H and O–H groups in total. The lowest BCUT2D eigenvalue weighted by Gasteiger charge is -2.12. The van der Waals surface area contributed by atoms with Crippen LogP contribution in [0.4, 0.5) is 5.69 Å². The molecule has 0 aliphatic rings. The number of fused-ring (bicyclic) bond motifs is 1. The van der Waals surface area contributed by atoms with Gasteiger partial charge in [0.15, 0.2) is 0 Å². The third kappa shape index (κ3) is 2.81. The molecule has 1 unspecified atom stereocenters. The van der Waals surface area contributed by atoms with Crippen molar-refractivity contribution in [2.24, 2.45) is 0 Å². The van der Waals surface area contributed by atoms with Crippen LogP contribution in [-0.4, -0.2) is 28.7 Å². The minimum absolute atomic E-state index is 0.207. The Balaban J connectivity index is 2.28. The average Bonchev–Trinajstić information content (AvgIpc) is 2.35. The minimum Gasteiger partial charge on any atom is -0.508 e. The Labute approximate surface area is 105 Å². The van der Waals surface area contributed by atoms with Gasteiger partial charge in [0.1, 0.15) is 5.75 Å². The smallest absolute Gasteiger partial charge is 0.116 e. The zero-order valence-corrected chi connectivity index (χ0v) is 9.98. The van der Waals surface area contributed by atoms with Gasteiger partial charge >= 0.3 is 0 Å². The van der Waals surface area contributed by atoms with Gasteiger partial charge in [-0.15, -0.1) is 11.6 Å².